The molecule has 0 aliphatic carbocycles. The van der Waals surface area contributed by atoms with Crippen LogP contribution in [0.25, 0.3) is 0 Å². The minimum absolute atomic E-state index is 0.181. The SMILES string of the molecule is COCCCCCN1CCN(S(=O)(=O)c2ccc(Br)cc2Cl)CC1. The van der Waals surface area contributed by atoms with E-state index in [-0.39, 0.29) is 9.92 Å². The zero-order valence-corrected chi connectivity index (χ0v) is 17.0. The van der Waals surface area contributed by atoms with Gasteiger partial charge in [0.2, 0.25) is 10.0 Å². The zero-order valence-electron chi connectivity index (χ0n) is 13.9. The van der Waals surface area contributed by atoms with Crippen LogP contribution in [0.5, 0.6) is 0 Å². The number of halogens is 2. The fourth-order valence-electron chi connectivity index (χ4n) is 2.78. The summed E-state index contributed by atoms with van der Waals surface area (Å²) in [6.07, 6.45) is 3.34. The molecule has 0 unspecified atom stereocenters. The van der Waals surface area contributed by atoms with Crippen molar-refractivity contribution in [1.29, 1.82) is 0 Å². The molecule has 1 saturated heterocycles. The first kappa shape index (κ1) is 20.1. The van der Waals surface area contributed by atoms with Crippen LogP contribution < -0.4 is 0 Å². The van der Waals surface area contributed by atoms with Gasteiger partial charge >= 0.3 is 0 Å². The number of sulfonamides is 1. The number of rotatable bonds is 8. The topological polar surface area (TPSA) is 49.9 Å². The maximum atomic E-state index is 12.8. The first-order valence-corrected chi connectivity index (χ1v) is 10.7. The second-order valence-corrected chi connectivity index (χ2v) is 9.10. The summed E-state index contributed by atoms with van der Waals surface area (Å²) in [5, 5.41) is 0.255. The number of benzene rings is 1. The van der Waals surface area contributed by atoms with Crippen molar-refractivity contribution in [2.75, 3.05) is 46.4 Å². The van der Waals surface area contributed by atoms with Crippen molar-refractivity contribution < 1.29 is 13.2 Å². The van der Waals surface area contributed by atoms with E-state index in [2.05, 4.69) is 20.8 Å². The van der Waals surface area contributed by atoms with Crippen LogP contribution in [0.1, 0.15) is 19.3 Å². The van der Waals surface area contributed by atoms with Gasteiger partial charge in [0.1, 0.15) is 4.90 Å². The second kappa shape index (κ2) is 9.50. The average Bonchev–Trinajstić information content (AvgIpc) is 2.55. The van der Waals surface area contributed by atoms with Gasteiger partial charge < -0.3 is 9.64 Å². The third kappa shape index (κ3) is 5.41. The molecule has 136 valence electrons. The first-order valence-electron chi connectivity index (χ1n) is 8.11. The summed E-state index contributed by atoms with van der Waals surface area (Å²) in [5.41, 5.74) is 0. The molecule has 1 aliphatic rings. The molecule has 2 rings (SSSR count). The van der Waals surface area contributed by atoms with Gasteiger partial charge in [-0.05, 0) is 44.0 Å². The maximum Gasteiger partial charge on any atom is 0.244 e. The van der Waals surface area contributed by atoms with E-state index in [1.165, 1.54) is 4.31 Å². The lowest BCUT2D eigenvalue weighted by molar-refractivity contribution is 0.174. The summed E-state index contributed by atoms with van der Waals surface area (Å²) in [7, 11) is -1.81. The summed E-state index contributed by atoms with van der Waals surface area (Å²) in [6, 6.07) is 4.88. The molecule has 8 heteroatoms. The van der Waals surface area contributed by atoms with Gasteiger partial charge in [-0.25, -0.2) is 8.42 Å². The molecule has 24 heavy (non-hydrogen) atoms. The number of unbranched alkanes of at least 4 members (excludes halogenated alkanes) is 2. The molecule has 0 atom stereocenters. The lowest BCUT2D eigenvalue weighted by atomic mass is 10.2. The summed E-state index contributed by atoms with van der Waals surface area (Å²) in [4.78, 5) is 2.50. The largest absolute Gasteiger partial charge is 0.385 e. The zero-order chi connectivity index (χ0) is 17.6. The molecule has 0 radical (unpaired) electrons. The predicted molar refractivity (Wildman–Crippen MR) is 100 cm³/mol. The number of hydrogen-bond donors (Lipinski definition) is 0. The lowest BCUT2D eigenvalue weighted by Gasteiger charge is -2.34. The molecule has 1 aliphatic heterocycles. The normalized spacial score (nSPS) is 17.3. The van der Waals surface area contributed by atoms with E-state index in [4.69, 9.17) is 16.3 Å². The van der Waals surface area contributed by atoms with Gasteiger partial charge in [-0.15, -0.1) is 0 Å². The molecule has 0 saturated carbocycles. The van der Waals surface area contributed by atoms with Crippen LogP contribution >= 0.6 is 27.5 Å². The highest BCUT2D eigenvalue weighted by Gasteiger charge is 2.29. The number of piperazine rings is 1. The highest BCUT2D eigenvalue weighted by Crippen LogP contribution is 2.28. The van der Waals surface area contributed by atoms with Crippen molar-refractivity contribution in [2.45, 2.75) is 24.2 Å². The Labute approximate surface area is 158 Å². The highest BCUT2D eigenvalue weighted by atomic mass is 79.9. The summed E-state index contributed by atoms with van der Waals surface area (Å²) < 4.78 is 32.8. The van der Waals surface area contributed by atoms with Crippen LogP contribution in [0, 0.1) is 0 Å². The van der Waals surface area contributed by atoms with Gasteiger partial charge in [0, 0.05) is 44.4 Å². The summed E-state index contributed by atoms with van der Waals surface area (Å²) in [6.45, 7) is 4.35. The van der Waals surface area contributed by atoms with E-state index in [1.54, 1.807) is 25.3 Å². The van der Waals surface area contributed by atoms with Crippen molar-refractivity contribution >= 4 is 37.6 Å². The van der Waals surface area contributed by atoms with Crippen molar-refractivity contribution in [3.05, 3.63) is 27.7 Å². The molecule has 0 aromatic heterocycles. The van der Waals surface area contributed by atoms with Gasteiger partial charge in [0.15, 0.2) is 0 Å². The van der Waals surface area contributed by atoms with E-state index in [9.17, 15) is 8.42 Å². The van der Waals surface area contributed by atoms with Crippen molar-refractivity contribution in [1.82, 2.24) is 9.21 Å². The molecular formula is C16H24BrClN2O3S. The molecular weight excluding hydrogens is 416 g/mol. The molecule has 1 aromatic carbocycles. The highest BCUT2D eigenvalue weighted by molar-refractivity contribution is 9.10. The molecule has 1 fully saturated rings. The van der Waals surface area contributed by atoms with Crippen molar-refractivity contribution in [3.63, 3.8) is 0 Å². The Balaban J connectivity index is 1.87. The van der Waals surface area contributed by atoms with Crippen LogP contribution in [0.4, 0.5) is 0 Å². The van der Waals surface area contributed by atoms with E-state index in [0.29, 0.717) is 13.1 Å². The van der Waals surface area contributed by atoms with Crippen LogP contribution in [-0.4, -0.2) is 64.1 Å². The summed E-state index contributed by atoms with van der Waals surface area (Å²) in [5.74, 6) is 0. The summed E-state index contributed by atoms with van der Waals surface area (Å²) >= 11 is 9.41. The first-order chi connectivity index (χ1) is 11.4. The monoisotopic (exact) mass is 438 g/mol. The van der Waals surface area contributed by atoms with Gasteiger partial charge in [0.05, 0.1) is 5.02 Å². The van der Waals surface area contributed by atoms with E-state index >= 15 is 0 Å². The molecule has 1 aromatic rings. The predicted octanol–water partition coefficient (Wildman–Crippen LogP) is 3.23. The fraction of sp³-hybridized carbons (Fsp3) is 0.625. The lowest BCUT2D eigenvalue weighted by Crippen LogP contribution is -2.48. The molecule has 0 spiro atoms. The molecule has 0 amide bonds. The smallest absolute Gasteiger partial charge is 0.244 e. The van der Waals surface area contributed by atoms with Gasteiger partial charge in [-0.2, -0.15) is 4.31 Å². The van der Waals surface area contributed by atoms with Crippen molar-refractivity contribution in [2.24, 2.45) is 0 Å². The van der Waals surface area contributed by atoms with Crippen LogP contribution in [-0.2, 0) is 14.8 Å². The number of nitrogens with zero attached hydrogens (tertiary/aromatic N) is 2. The quantitative estimate of drug-likeness (QED) is 0.584. The molecule has 1 heterocycles. The number of ether oxygens (including phenoxy) is 1. The standard InChI is InChI=1S/C16H24BrClN2O3S/c1-23-12-4-2-3-7-19-8-10-20(11-9-19)24(21,22)16-6-5-14(17)13-15(16)18/h5-6,13H,2-4,7-12H2,1H3. The van der Waals surface area contributed by atoms with Gasteiger partial charge in [-0.1, -0.05) is 27.5 Å². The molecule has 0 bridgehead atoms. The average molecular weight is 440 g/mol. The molecule has 5 nitrogen and oxygen atoms in total. The van der Waals surface area contributed by atoms with E-state index in [0.717, 1.165) is 50.0 Å². The third-order valence-corrected chi connectivity index (χ3v) is 7.04. The Morgan fingerprint density at radius 3 is 2.50 bits per heavy atom. The van der Waals surface area contributed by atoms with Gasteiger partial charge in [-0.3, -0.25) is 0 Å². The Hall–Kier alpha value is -0.180. The van der Waals surface area contributed by atoms with E-state index < -0.39 is 10.0 Å². The minimum atomic E-state index is -3.53. The van der Waals surface area contributed by atoms with Crippen LogP contribution in [0.2, 0.25) is 5.02 Å². The molecule has 0 N–H and O–H groups in total. The fourth-order valence-corrected chi connectivity index (χ4v) is 5.21. The Bertz CT molecular complexity index is 634. The van der Waals surface area contributed by atoms with Gasteiger partial charge in [0.25, 0.3) is 0 Å². The Morgan fingerprint density at radius 2 is 1.88 bits per heavy atom. The Kier molecular flexibility index (Phi) is 7.97. The Morgan fingerprint density at radius 1 is 1.17 bits per heavy atom. The van der Waals surface area contributed by atoms with Crippen LogP contribution in [0.3, 0.4) is 0 Å². The number of methoxy groups -OCH3 is 1. The van der Waals surface area contributed by atoms with E-state index in [1.807, 2.05) is 0 Å². The maximum absolute atomic E-state index is 12.8. The van der Waals surface area contributed by atoms with Crippen LogP contribution in [0.15, 0.2) is 27.6 Å². The number of hydrogen-bond acceptors (Lipinski definition) is 4. The van der Waals surface area contributed by atoms with Crippen molar-refractivity contribution in [3.8, 4) is 0 Å². The third-order valence-electron chi connectivity index (χ3n) is 4.17. The second-order valence-electron chi connectivity index (χ2n) is 5.87. The minimum Gasteiger partial charge on any atom is -0.385 e.